The third kappa shape index (κ3) is 3.41. The number of benzene rings is 1. The van der Waals surface area contributed by atoms with E-state index in [9.17, 15) is 10.1 Å². The van der Waals surface area contributed by atoms with E-state index in [0.717, 1.165) is 39.0 Å². The smallest absolute Gasteiger partial charge is 0.232 e. The number of nitrogens with zero attached hydrogens (tertiary/aromatic N) is 2. The normalized spacial score (nSPS) is 30.4. The van der Waals surface area contributed by atoms with E-state index in [1.54, 1.807) is 0 Å². The van der Waals surface area contributed by atoms with Gasteiger partial charge in [-0.1, -0.05) is 30.3 Å². The molecule has 0 bridgehead atoms. The number of hydrogen-bond acceptors (Lipinski definition) is 4. The van der Waals surface area contributed by atoms with Gasteiger partial charge >= 0.3 is 0 Å². The van der Waals surface area contributed by atoms with Gasteiger partial charge in [-0.3, -0.25) is 15.0 Å². The Kier molecular flexibility index (Phi) is 4.51. The number of nitro groups is 1. The lowest BCUT2D eigenvalue weighted by atomic mass is 9.92. The second-order valence-corrected chi connectivity index (χ2v) is 6.10. The van der Waals surface area contributed by atoms with E-state index in [1.807, 2.05) is 18.2 Å². The van der Waals surface area contributed by atoms with Crippen molar-refractivity contribution >= 4 is 0 Å². The Balaban J connectivity index is 1.67. The summed E-state index contributed by atoms with van der Waals surface area (Å²) in [6, 6.07) is 9.68. The molecule has 114 valence electrons. The monoisotopic (exact) mass is 290 g/mol. The van der Waals surface area contributed by atoms with Crippen molar-refractivity contribution in [3.63, 3.8) is 0 Å². The minimum atomic E-state index is -0.489. The van der Waals surface area contributed by atoms with Gasteiger partial charge < -0.3 is 4.74 Å². The van der Waals surface area contributed by atoms with Gasteiger partial charge in [-0.05, 0) is 24.8 Å². The van der Waals surface area contributed by atoms with Crippen molar-refractivity contribution < 1.29 is 9.66 Å². The van der Waals surface area contributed by atoms with Crippen LogP contribution < -0.4 is 0 Å². The molecule has 0 radical (unpaired) electrons. The fourth-order valence-electron chi connectivity index (χ4n) is 3.56. The van der Waals surface area contributed by atoms with E-state index in [2.05, 4.69) is 17.0 Å². The first-order valence-electron chi connectivity index (χ1n) is 7.75. The summed E-state index contributed by atoms with van der Waals surface area (Å²) in [4.78, 5) is 13.5. The van der Waals surface area contributed by atoms with E-state index in [-0.39, 0.29) is 16.9 Å². The second kappa shape index (κ2) is 6.54. The highest BCUT2D eigenvalue weighted by Crippen LogP contribution is 2.30. The third-order valence-corrected chi connectivity index (χ3v) is 4.62. The lowest BCUT2D eigenvalue weighted by molar-refractivity contribution is -0.528. The summed E-state index contributed by atoms with van der Waals surface area (Å²) in [6.07, 6.45) is 3.24. The topological polar surface area (TPSA) is 55.6 Å². The molecule has 0 N–H and O–H groups in total. The van der Waals surface area contributed by atoms with Crippen molar-refractivity contribution in [2.75, 3.05) is 19.7 Å². The number of hydrogen-bond donors (Lipinski definition) is 0. The van der Waals surface area contributed by atoms with Crippen LogP contribution in [-0.4, -0.2) is 41.7 Å². The van der Waals surface area contributed by atoms with Gasteiger partial charge in [0.1, 0.15) is 0 Å². The molecule has 0 amide bonds. The van der Waals surface area contributed by atoms with Crippen molar-refractivity contribution in [1.29, 1.82) is 0 Å². The minimum Gasteiger partial charge on any atom is -0.378 e. The van der Waals surface area contributed by atoms with Crippen molar-refractivity contribution in [3.05, 3.63) is 46.0 Å². The van der Waals surface area contributed by atoms with Gasteiger partial charge in [-0.15, -0.1) is 0 Å². The number of likely N-dealkylation sites (tertiary alicyclic amines) is 1. The molecule has 0 aliphatic carbocycles. The lowest BCUT2D eigenvalue weighted by Gasteiger charge is -2.28. The molecule has 0 aromatic heterocycles. The molecule has 0 unspecified atom stereocenters. The first-order valence-corrected chi connectivity index (χ1v) is 7.75. The Morgan fingerprint density at radius 3 is 2.71 bits per heavy atom. The molecule has 3 atom stereocenters. The van der Waals surface area contributed by atoms with Gasteiger partial charge in [0.15, 0.2) is 0 Å². The Morgan fingerprint density at radius 1 is 1.24 bits per heavy atom. The van der Waals surface area contributed by atoms with Crippen molar-refractivity contribution in [1.82, 2.24) is 4.90 Å². The van der Waals surface area contributed by atoms with Gasteiger partial charge in [0.05, 0.1) is 18.6 Å². The standard InChI is InChI=1S/C16H22N2O3/c19-18(20)15-12-17(10-13-6-2-1-3-7-13)11-14(15)16-8-4-5-9-21-16/h1-3,6-7,14-16H,4-5,8-12H2/t14-,15-,16-/m1/s1. The van der Waals surface area contributed by atoms with Crippen LogP contribution in [0.15, 0.2) is 30.3 Å². The molecule has 0 saturated carbocycles. The summed E-state index contributed by atoms with van der Waals surface area (Å²) in [5.41, 5.74) is 1.21. The Bertz CT molecular complexity index is 474. The van der Waals surface area contributed by atoms with Gasteiger partial charge in [0.25, 0.3) is 0 Å². The van der Waals surface area contributed by atoms with Crippen LogP contribution in [0.1, 0.15) is 24.8 Å². The molecule has 3 rings (SSSR count). The summed E-state index contributed by atoms with van der Waals surface area (Å²) in [5, 5.41) is 11.4. The first-order chi connectivity index (χ1) is 10.2. The zero-order valence-electron chi connectivity index (χ0n) is 12.2. The lowest BCUT2D eigenvalue weighted by Crippen LogP contribution is -2.39. The Morgan fingerprint density at radius 2 is 2.05 bits per heavy atom. The third-order valence-electron chi connectivity index (χ3n) is 4.62. The van der Waals surface area contributed by atoms with Crippen molar-refractivity contribution in [2.45, 2.75) is 38.0 Å². The summed E-state index contributed by atoms with van der Waals surface area (Å²) >= 11 is 0. The maximum Gasteiger partial charge on any atom is 0.232 e. The quantitative estimate of drug-likeness (QED) is 0.631. The van der Waals surface area contributed by atoms with E-state index in [1.165, 1.54) is 5.56 Å². The van der Waals surface area contributed by atoms with E-state index < -0.39 is 6.04 Å². The van der Waals surface area contributed by atoms with Crippen molar-refractivity contribution in [3.8, 4) is 0 Å². The highest BCUT2D eigenvalue weighted by molar-refractivity contribution is 5.14. The molecule has 2 saturated heterocycles. The molecule has 5 heteroatoms. The summed E-state index contributed by atoms with van der Waals surface area (Å²) in [7, 11) is 0. The molecular weight excluding hydrogens is 268 g/mol. The summed E-state index contributed by atoms with van der Waals surface area (Å²) < 4.78 is 5.81. The minimum absolute atomic E-state index is 0.0315. The molecule has 5 nitrogen and oxygen atoms in total. The molecule has 0 spiro atoms. The van der Waals surface area contributed by atoms with Gasteiger partial charge in [-0.2, -0.15) is 0 Å². The Labute approximate surface area is 125 Å². The average Bonchev–Trinajstić information content (AvgIpc) is 2.93. The van der Waals surface area contributed by atoms with Crippen LogP contribution in [0.25, 0.3) is 0 Å². The van der Waals surface area contributed by atoms with Gasteiger partial charge in [0, 0.05) is 24.6 Å². The highest BCUT2D eigenvalue weighted by Gasteiger charge is 2.45. The SMILES string of the molecule is O=[N+]([O-])[C@@H]1CN(Cc2ccccc2)C[C@H]1[C@H]1CCCCO1. The average molecular weight is 290 g/mol. The van der Waals surface area contributed by atoms with Crippen LogP contribution >= 0.6 is 0 Å². The first kappa shape index (κ1) is 14.5. The van der Waals surface area contributed by atoms with Crippen molar-refractivity contribution in [2.24, 2.45) is 5.92 Å². The predicted octanol–water partition coefficient (Wildman–Crippen LogP) is 2.33. The molecular formula is C16H22N2O3. The van der Waals surface area contributed by atoms with Crippen LogP contribution in [0.5, 0.6) is 0 Å². The molecule has 1 aromatic carbocycles. The molecule has 2 heterocycles. The molecule has 2 aliphatic rings. The van der Waals surface area contributed by atoms with E-state index >= 15 is 0 Å². The fraction of sp³-hybridized carbons (Fsp3) is 0.625. The summed E-state index contributed by atoms with van der Waals surface area (Å²) in [6.45, 7) is 2.84. The molecule has 1 aromatic rings. The van der Waals surface area contributed by atoms with Crippen LogP contribution in [0.4, 0.5) is 0 Å². The fourth-order valence-corrected chi connectivity index (χ4v) is 3.56. The Hall–Kier alpha value is -1.46. The molecule has 2 fully saturated rings. The van der Waals surface area contributed by atoms with Gasteiger partial charge in [0.2, 0.25) is 6.04 Å². The molecule has 21 heavy (non-hydrogen) atoms. The highest BCUT2D eigenvalue weighted by atomic mass is 16.6. The number of ether oxygens (including phenoxy) is 1. The van der Waals surface area contributed by atoms with Crippen LogP contribution in [-0.2, 0) is 11.3 Å². The predicted molar refractivity (Wildman–Crippen MR) is 79.6 cm³/mol. The molecule has 2 aliphatic heterocycles. The van der Waals surface area contributed by atoms with Crippen LogP contribution in [0, 0.1) is 16.0 Å². The zero-order chi connectivity index (χ0) is 14.7. The zero-order valence-corrected chi connectivity index (χ0v) is 12.2. The van der Waals surface area contributed by atoms with E-state index in [0.29, 0.717) is 6.54 Å². The number of rotatable bonds is 4. The summed E-state index contributed by atoms with van der Waals surface area (Å²) in [5.74, 6) is 0.0315. The second-order valence-electron chi connectivity index (χ2n) is 6.10. The van der Waals surface area contributed by atoms with Gasteiger partial charge in [-0.25, -0.2) is 0 Å². The van der Waals surface area contributed by atoms with Crippen LogP contribution in [0.2, 0.25) is 0 Å². The van der Waals surface area contributed by atoms with Crippen LogP contribution in [0.3, 0.4) is 0 Å². The van der Waals surface area contributed by atoms with E-state index in [4.69, 9.17) is 4.74 Å². The maximum absolute atomic E-state index is 11.4. The maximum atomic E-state index is 11.4. The largest absolute Gasteiger partial charge is 0.378 e.